The number of rotatable bonds is 6. The highest BCUT2D eigenvalue weighted by Gasteiger charge is 2.63. The van der Waals surface area contributed by atoms with Crippen LogP contribution in [0.3, 0.4) is 0 Å². The highest BCUT2D eigenvalue weighted by atomic mass is 32.2. The maximum atomic E-state index is 14.2. The largest absolute Gasteiger partial charge is 0.460 e. The maximum Gasteiger partial charge on any atom is 0.311 e. The number of piperidine rings is 1. The molecule has 210 valence electrons. The van der Waals surface area contributed by atoms with Gasteiger partial charge in [0.1, 0.15) is 6.10 Å². The van der Waals surface area contributed by atoms with Crippen molar-refractivity contribution in [3.63, 3.8) is 0 Å². The van der Waals surface area contributed by atoms with Crippen LogP contribution in [-0.4, -0.2) is 48.0 Å². The van der Waals surface area contributed by atoms with E-state index in [9.17, 15) is 23.3 Å². The number of benzene rings is 2. The molecule has 2 aromatic rings. The molecule has 5 rings (SSSR count). The third-order valence-electron chi connectivity index (χ3n) is 8.22. The molecule has 1 saturated heterocycles. The molecule has 1 aliphatic carbocycles. The van der Waals surface area contributed by atoms with Crippen molar-refractivity contribution in [2.45, 2.75) is 63.0 Å². The molecule has 0 spiro atoms. The van der Waals surface area contributed by atoms with E-state index in [1.807, 2.05) is 37.3 Å². The van der Waals surface area contributed by atoms with Gasteiger partial charge in [-0.05, 0) is 58.2 Å². The standard InChI is InChI=1S/C30H33N3O6S/c1-6-16-30-21-12-8-9-13-22(21)31-26(30)24-17-20(27(30)39-28(34)29(3,4)5)19(7-2)18-32(24)40(37,38)25-15-11-10-14-23(25)33(35)36/h6-15,20,24,27H,1,16-18H2,2-5H3/b19-7+/t20-,24-,27+,30+/m0/s1. The first-order valence-corrected chi connectivity index (χ1v) is 14.7. The molecule has 4 atom stereocenters. The average molecular weight is 564 g/mol. The Labute approximate surface area is 234 Å². The number of nitro groups is 1. The summed E-state index contributed by atoms with van der Waals surface area (Å²) in [6.07, 6.45) is 3.68. The zero-order valence-electron chi connectivity index (χ0n) is 23.0. The summed E-state index contributed by atoms with van der Waals surface area (Å²) in [6, 6.07) is 12.3. The quantitative estimate of drug-likeness (QED) is 0.198. The van der Waals surface area contributed by atoms with Crippen LogP contribution < -0.4 is 0 Å². The van der Waals surface area contributed by atoms with Gasteiger partial charge in [0, 0.05) is 18.5 Å². The Bertz CT molecular complexity index is 1570. The number of ether oxygens (including phenoxy) is 1. The van der Waals surface area contributed by atoms with Gasteiger partial charge >= 0.3 is 5.97 Å². The summed E-state index contributed by atoms with van der Waals surface area (Å²) in [4.78, 5) is 29.1. The van der Waals surface area contributed by atoms with E-state index in [2.05, 4.69) is 6.58 Å². The lowest BCUT2D eigenvalue weighted by Crippen LogP contribution is -2.66. The Hall–Kier alpha value is -3.63. The summed E-state index contributed by atoms with van der Waals surface area (Å²) in [5.41, 5.74) is 0.728. The number of fused-ring (bicyclic) bond motifs is 6. The smallest absolute Gasteiger partial charge is 0.311 e. The summed E-state index contributed by atoms with van der Waals surface area (Å²) in [6.45, 7) is 11.3. The summed E-state index contributed by atoms with van der Waals surface area (Å²) in [5, 5.41) is 11.8. The van der Waals surface area contributed by atoms with E-state index in [1.54, 1.807) is 26.8 Å². The number of sulfonamides is 1. The van der Waals surface area contributed by atoms with Gasteiger partial charge in [-0.2, -0.15) is 4.31 Å². The predicted octanol–water partition coefficient (Wildman–Crippen LogP) is 5.49. The number of nitro benzene ring substituents is 1. The van der Waals surface area contributed by atoms with Crippen molar-refractivity contribution in [3.05, 3.63) is 88.5 Å². The molecule has 40 heavy (non-hydrogen) atoms. The topological polar surface area (TPSA) is 119 Å². The number of carbonyl (C=O) groups excluding carboxylic acids is 1. The Morgan fingerprint density at radius 1 is 1.23 bits per heavy atom. The molecular weight excluding hydrogens is 530 g/mol. The van der Waals surface area contributed by atoms with Crippen molar-refractivity contribution in [3.8, 4) is 0 Å². The highest BCUT2D eigenvalue weighted by molar-refractivity contribution is 7.89. The number of para-hydroxylation sites is 2. The van der Waals surface area contributed by atoms with Crippen molar-refractivity contribution >= 4 is 33.1 Å². The lowest BCUT2D eigenvalue weighted by Gasteiger charge is -2.54. The summed E-state index contributed by atoms with van der Waals surface area (Å²) >= 11 is 0. The van der Waals surface area contributed by atoms with E-state index in [4.69, 9.17) is 9.73 Å². The summed E-state index contributed by atoms with van der Waals surface area (Å²) in [7, 11) is -4.33. The number of nitrogens with zero attached hydrogens (tertiary/aromatic N) is 3. The SMILES string of the molecule is C=CC[C@]12C(=Nc3ccccc31)[C@@H]1C[C@@H](/C(=C/C)CN1S(=O)(=O)c1ccccc1[N+](=O)[O-])[C@H]2OC(=O)C(C)(C)C. The molecule has 2 aromatic carbocycles. The van der Waals surface area contributed by atoms with Gasteiger partial charge in [-0.15, -0.1) is 6.58 Å². The number of esters is 1. The fraction of sp³-hybridized carbons (Fsp3) is 0.400. The lowest BCUT2D eigenvalue weighted by atomic mass is 9.57. The first-order chi connectivity index (χ1) is 18.9. The fourth-order valence-electron chi connectivity index (χ4n) is 6.36. The Morgan fingerprint density at radius 3 is 2.55 bits per heavy atom. The van der Waals surface area contributed by atoms with Gasteiger partial charge in [-0.3, -0.25) is 19.9 Å². The van der Waals surface area contributed by atoms with Gasteiger partial charge in [0.2, 0.25) is 0 Å². The second kappa shape index (κ2) is 9.78. The second-order valence-electron chi connectivity index (χ2n) is 11.6. The van der Waals surface area contributed by atoms with Crippen LogP contribution in [-0.2, 0) is 25.0 Å². The van der Waals surface area contributed by atoms with Crippen molar-refractivity contribution in [1.82, 2.24) is 4.31 Å². The fourth-order valence-corrected chi connectivity index (χ4v) is 8.11. The molecule has 0 unspecified atom stereocenters. The van der Waals surface area contributed by atoms with E-state index in [-0.39, 0.29) is 23.3 Å². The first-order valence-electron chi connectivity index (χ1n) is 13.3. The van der Waals surface area contributed by atoms with Gasteiger partial charge in [0.25, 0.3) is 15.7 Å². The molecule has 10 heteroatoms. The van der Waals surface area contributed by atoms with Gasteiger partial charge < -0.3 is 4.74 Å². The number of allylic oxidation sites excluding steroid dienone is 2. The minimum Gasteiger partial charge on any atom is -0.460 e. The third kappa shape index (κ3) is 4.12. The lowest BCUT2D eigenvalue weighted by molar-refractivity contribution is -0.387. The minimum absolute atomic E-state index is 0.00329. The molecule has 3 aliphatic rings. The molecule has 2 fully saturated rings. The van der Waals surface area contributed by atoms with E-state index < -0.39 is 43.6 Å². The molecule has 0 amide bonds. The van der Waals surface area contributed by atoms with Gasteiger partial charge in [-0.25, -0.2) is 8.42 Å². The van der Waals surface area contributed by atoms with Crippen LogP contribution in [0.4, 0.5) is 11.4 Å². The highest BCUT2D eigenvalue weighted by Crippen LogP contribution is 2.57. The molecule has 0 N–H and O–H groups in total. The minimum atomic E-state index is -4.33. The molecule has 0 radical (unpaired) electrons. The van der Waals surface area contributed by atoms with E-state index >= 15 is 0 Å². The third-order valence-corrected chi connectivity index (χ3v) is 10.1. The molecule has 9 nitrogen and oxygen atoms in total. The van der Waals surface area contributed by atoms with Crippen LogP contribution in [0.15, 0.2) is 82.7 Å². The zero-order chi connectivity index (χ0) is 29.0. The van der Waals surface area contributed by atoms with Crippen LogP contribution in [0.1, 0.15) is 46.1 Å². The molecular formula is C30H33N3O6S. The summed E-state index contributed by atoms with van der Waals surface area (Å²) in [5.74, 6) is -0.642. The number of hydrogen-bond acceptors (Lipinski definition) is 7. The molecule has 2 bridgehead atoms. The molecule has 0 aromatic heterocycles. The Balaban J connectivity index is 1.74. The molecule has 2 heterocycles. The van der Waals surface area contributed by atoms with Gasteiger partial charge in [0.05, 0.1) is 33.2 Å². The monoisotopic (exact) mass is 563 g/mol. The van der Waals surface area contributed by atoms with Gasteiger partial charge in [0.15, 0.2) is 4.90 Å². The van der Waals surface area contributed by atoms with Crippen LogP contribution in [0.5, 0.6) is 0 Å². The second-order valence-corrected chi connectivity index (χ2v) is 13.4. The van der Waals surface area contributed by atoms with Crippen molar-refractivity contribution in [2.24, 2.45) is 16.3 Å². The maximum absolute atomic E-state index is 14.2. The Kier molecular flexibility index (Phi) is 6.82. The first kappa shape index (κ1) is 27.9. The number of hydrogen-bond donors (Lipinski definition) is 0. The van der Waals surface area contributed by atoms with Crippen LogP contribution in [0, 0.1) is 21.4 Å². The van der Waals surface area contributed by atoms with Crippen molar-refractivity contribution < 1.29 is 22.9 Å². The molecule has 2 aliphatic heterocycles. The summed E-state index contributed by atoms with van der Waals surface area (Å²) < 4.78 is 36.2. The van der Waals surface area contributed by atoms with Crippen LogP contribution in [0.2, 0.25) is 0 Å². The van der Waals surface area contributed by atoms with Gasteiger partial charge in [-0.1, -0.05) is 48.1 Å². The Morgan fingerprint density at radius 2 is 1.90 bits per heavy atom. The predicted molar refractivity (Wildman–Crippen MR) is 152 cm³/mol. The van der Waals surface area contributed by atoms with E-state index in [1.165, 1.54) is 28.6 Å². The van der Waals surface area contributed by atoms with E-state index in [0.29, 0.717) is 24.2 Å². The van der Waals surface area contributed by atoms with Crippen LogP contribution >= 0.6 is 0 Å². The van der Waals surface area contributed by atoms with E-state index in [0.717, 1.165) is 11.1 Å². The number of carbonyl (C=O) groups is 1. The van der Waals surface area contributed by atoms with Crippen LogP contribution in [0.25, 0.3) is 0 Å². The van der Waals surface area contributed by atoms with Crippen molar-refractivity contribution in [2.75, 3.05) is 6.54 Å². The zero-order valence-corrected chi connectivity index (χ0v) is 23.8. The number of aliphatic imine (C=N–C) groups is 1. The van der Waals surface area contributed by atoms with Crippen molar-refractivity contribution in [1.29, 1.82) is 0 Å². The normalized spacial score (nSPS) is 26.9. The molecule has 1 saturated carbocycles. The average Bonchev–Trinajstić information content (AvgIpc) is 3.25.